The second kappa shape index (κ2) is 9.71. The van der Waals surface area contributed by atoms with Gasteiger partial charge in [-0.15, -0.1) is 0 Å². The van der Waals surface area contributed by atoms with Gasteiger partial charge in [-0.3, -0.25) is 14.9 Å². The summed E-state index contributed by atoms with van der Waals surface area (Å²) in [7, 11) is 1.39. The second-order valence-corrected chi connectivity index (χ2v) is 8.21. The van der Waals surface area contributed by atoms with E-state index in [1.807, 2.05) is 42.6 Å². The third kappa shape index (κ3) is 4.39. The van der Waals surface area contributed by atoms with Crippen LogP contribution in [0.5, 0.6) is 5.75 Å². The number of ether oxygens (including phenoxy) is 1. The molecule has 8 nitrogen and oxygen atoms in total. The highest BCUT2D eigenvalue weighted by Crippen LogP contribution is 2.25. The first-order valence-electron chi connectivity index (χ1n) is 11.3. The molecule has 1 N–H and O–H groups in total. The topological polar surface area (TPSA) is 98.8 Å². The van der Waals surface area contributed by atoms with Crippen molar-refractivity contribution in [2.75, 3.05) is 7.11 Å². The highest BCUT2D eigenvalue weighted by Gasteiger charge is 2.17. The molecule has 0 saturated carbocycles. The van der Waals surface area contributed by atoms with E-state index in [9.17, 15) is 14.9 Å². The van der Waals surface area contributed by atoms with Crippen molar-refractivity contribution in [2.24, 2.45) is 5.10 Å². The van der Waals surface area contributed by atoms with Crippen LogP contribution in [0, 0.1) is 10.1 Å². The van der Waals surface area contributed by atoms with Crippen molar-refractivity contribution in [1.82, 2.24) is 9.99 Å². The van der Waals surface area contributed by atoms with E-state index in [0.717, 1.165) is 16.5 Å². The molecule has 0 aliphatic rings. The van der Waals surface area contributed by atoms with Crippen LogP contribution in [-0.2, 0) is 6.54 Å². The Bertz CT molecular complexity index is 1630. The summed E-state index contributed by atoms with van der Waals surface area (Å²) < 4.78 is 7.33. The lowest BCUT2D eigenvalue weighted by molar-refractivity contribution is -0.384. The Morgan fingerprint density at radius 3 is 2.58 bits per heavy atom. The number of benzene rings is 4. The molecule has 8 heteroatoms. The summed E-state index contributed by atoms with van der Waals surface area (Å²) in [6.07, 6.45) is 3.57. The molecule has 0 aliphatic heterocycles. The summed E-state index contributed by atoms with van der Waals surface area (Å²) in [6, 6.07) is 26.4. The number of fused-ring (bicyclic) bond motifs is 2. The Labute approximate surface area is 206 Å². The second-order valence-electron chi connectivity index (χ2n) is 8.21. The number of methoxy groups -OCH3 is 1. The molecular weight excluding hydrogens is 456 g/mol. The van der Waals surface area contributed by atoms with Crippen molar-refractivity contribution >= 4 is 39.5 Å². The highest BCUT2D eigenvalue weighted by molar-refractivity contribution is 6.01. The Balaban J connectivity index is 1.43. The number of hydrazone groups is 1. The molecule has 0 saturated heterocycles. The zero-order chi connectivity index (χ0) is 25.1. The van der Waals surface area contributed by atoms with E-state index in [2.05, 4.69) is 45.4 Å². The number of para-hydroxylation sites is 1. The number of nitro groups is 1. The SMILES string of the molecule is COc1ccc([N+](=O)[O-])cc1C(=O)N/N=C\c1cn(Cc2cccc3ccccc23)c2ccccc12. The molecule has 0 bridgehead atoms. The van der Waals surface area contributed by atoms with Crippen LogP contribution >= 0.6 is 0 Å². The summed E-state index contributed by atoms with van der Waals surface area (Å²) in [5, 5.41) is 18.6. The van der Waals surface area contributed by atoms with Gasteiger partial charge in [-0.1, -0.05) is 60.7 Å². The van der Waals surface area contributed by atoms with Crippen LogP contribution < -0.4 is 10.2 Å². The Kier molecular flexibility index (Phi) is 6.15. The van der Waals surface area contributed by atoms with Gasteiger partial charge in [0.05, 0.1) is 23.8 Å². The lowest BCUT2D eigenvalue weighted by Gasteiger charge is -2.09. The van der Waals surface area contributed by atoms with Gasteiger partial charge in [0.2, 0.25) is 0 Å². The van der Waals surface area contributed by atoms with E-state index >= 15 is 0 Å². The summed E-state index contributed by atoms with van der Waals surface area (Å²) >= 11 is 0. The van der Waals surface area contributed by atoms with E-state index in [4.69, 9.17) is 4.74 Å². The molecular formula is C28H22N4O4. The fraction of sp³-hybridized carbons (Fsp3) is 0.0714. The zero-order valence-corrected chi connectivity index (χ0v) is 19.4. The van der Waals surface area contributed by atoms with Crippen LogP contribution in [-0.4, -0.2) is 28.7 Å². The molecule has 5 rings (SSSR count). The van der Waals surface area contributed by atoms with Crippen LogP contribution in [0.15, 0.2) is 96.2 Å². The number of hydrogen-bond donors (Lipinski definition) is 1. The minimum Gasteiger partial charge on any atom is -0.496 e. The highest BCUT2D eigenvalue weighted by atomic mass is 16.6. The fourth-order valence-corrected chi connectivity index (χ4v) is 4.33. The van der Waals surface area contributed by atoms with Crippen molar-refractivity contribution in [1.29, 1.82) is 0 Å². The van der Waals surface area contributed by atoms with Crippen LogP contribution in [0.25, 0.3) is 21.7 Å². The first kappa shape index (κ1) is 22.8. The summed E-state index contributed by atoms with van der Waals surface area (Å²) in [6.45, 7) is 0.674. The summed E-state index contributed by atoms with van der Waals surface area (Å²) in [5.74, 6) is -0.383. The van der Waals surface area contributed by atoms with E-state index in [1.165, 1.54) is 41.6 Å². The molecule has 0 fully saturated rings. The number of aromatic nitrogens is 1. The quantitative estimate of drug-likeness (QED) is 0.189. The lowest BCUT2D eigenvalue weighted by Crippen LogP contribution is -2.18. The van der Waals surface area contributed by atoms with Gasteiger partial charge < -0.3 is 9.30 Å². The predicted molar refractivity (Wildman–Crippen MR) is 140 cm³/mol. The number of nitrogens with zero attached hydrogens (tertiary/aromatic N) is 3. The maximum absolute atomic E-state index is 12.7. The van der Waals surface area contributed by atoms with Crippen molar-refractivity contribution in [3.63, 3.8) is 0 Å². The maximum Gasteiger partial charge on any atom is 0.275 e. The third-order valence-electron chi connectivity index (χ3n) is 6.05. The minimum atomic E-state index is -0.605. The Morgan fingerprint density at radius 1 is 1.03 bits per heavy atom. The van der Waals surface area contributed by atoms with E-state index in [0.29, 0.717) is 6.54 Å². The standard InChI is InChI=1S/C28H22N4O4/c1-36-27-14-13-22(32(34)35)15-25(27)28(33)30-29-16-21-18-31(26-12-5-4-11-24(21)26)17-20-9-6-8-19-7-2-3-10-23(19)20/h2-16,18H,17H2,1H3,(H,30,33)/b29-16-. The van der Waals surface area contributed by atoms with Crippen LogP contribution in [0.2, 0.25) is 0 Å². The number of carbonyl (C=O) groups excluding carboxylic acids is 1. The van der Waals surface area contributed by atoms with E-state index < -0.39 is 10.8 Å². The molecule has 4 aromatic carbocycles. The van der Waals surface area contributed by atoms with Crippen molar-refractivity contribution in [3.8, 4) is 5.75 Å². The minimum absolute atomic E-state index is 0.0298. The van der Waals surface area contributed by atoms with Crippen molar-refractivity contribution < 1.29 is 14.5 Å². The van der Waals surface area contributed by atoms with Crippen molar-refractivity contribution in [2.45, 2.75) is 6.54 Å². The molecule has 0 spiro atoms. The molecule has 178 valence electrons. The molecule has 5 aromatic rings. The molecule has 1 amide bonds. The van der Waals surface area contributed by atoms with Crippen LogP contribution in [0.4, 0.5) is 5.69 Å². The Hall–Kier alpha value is -4.98. The Morgan fingerprint density at radius 2 is 1.78 bits per heavy atom. The number of nitrogens with one attached hydrogen (secondary N) is 1. The van der Waals surface area contributed by atoms with Gasteiger partial charge in [0.1, 0.15) is 5.75 Å². The first-order chi connectivity index (χ1) is 17.5. The van der Waals surface area contributed by atoms with Gasteiger partial charge in [-0.25, -0.2) is 5.43 Å². The number of nitro benzene ring substituents is 1. The average Bonchev–Trinajstić information content (AvgIpc) is 3.25. The first-order valence-corrected chi connectivity index (χ1v) is 11.3. The number of non-ortho nitro benzene ring substituents is 1. The molecule has 1 aromatic heterocycles. The molecule has 0 atom stereocenters. The summed E-state index contributed by atoms with van der Waals surface area (Å²) in [4.78, 5) is 23.2. The molecule has 1 heterocycles. The normalized spacial score (nSPS) is 11.2. The molecule has 0 unspecified atom stereocenters. The summed E-state index contributed by atoms with van der Waals surface area (Å²) in [5.41, 5.74) is 5.35. The van der Waals surface area contributed by atoms with E-state index in [-0.39, 0.29) is 17.0 Å². The maximum atomic E-state index is 12.7. The van der Waals surface area contributed by atoms with Gasteiger partial charge >= 0.3 is 0 Å². The van der Waals surface area contributed by atoms with Gasteiger partial charge in [0, 0.05) is 41.3 Å². The third-order valence-corrected chi connectivity index (χ3v) is 6.05. The van der Waals surface area contributed by atoms with E-state index in [1.54, 1.807) is 6.21 Å². The number of rotatable bonds is 7. The van der Waals surface area contributed by atoms with Crippen LogP contribution in [0.3, 0.4) is 0 Å². The monoisotopic (exact) mass is 478 g/mol. The van der Waals surface area contributed by atoms with Crippen LogP contribution in [0.1, 0.15) is 21.5 Å². The van der Waals surface area contributed by atoms with Gasteiger partial charge in [0.25, 0.3) is 11.6 Å². The molecule has 0 radical (unpaired) electrons. The fourth-order valence-electron chi connectivity index (χ4n) is 4.33. The number of amides is 1. The lowest BCUT2D eigenvalue weighted by atomic mass is 10.0. The molecule has 36 heavy (non-hydrogen) atoms. The predicted octanol–water partition coefficient (Wildman–Crippen LogP) is 5.52. The van der Waals surface area contributed by atoms with Gasteiger partial charge in [-0.2, -0.15) is 5.10 Å². The van der Waals surface area contributed by atoms with Gasteiger partial charge in [-0.05, 0) is 28.5 Å². The smallest absolute Gasteiger partial charge is 0.275 e. The average molecular weight is 479 g/mol. The van der Waals surface area contributed by atoms with Gasteiger partial charge in [0.15, 0.2) is 0 Å². The largest absolute Gasteiger partial charge is 0.496 e. The molecule has 0 aliphatic carbocycles. The zero-order valence-electron chi connectivity index (χ0n) is 19.4. The number of carbonyl (C=O) groups is 1. The van der Waals surface area contributed by atoms with Crippen molar-refractivity contribution in [3.05, 3.63) is 118 Å². The number of hydrogen-bond acceptors (Lipinski definition) is 5.